The van der Waals surface area contributed by atoms with Gasteiger partial charge in [-0.1, -0.05) is 32.6 Å². The predicted molar refractivity (Wildman–Crippen MR) is 63.1 cm³/mol. The van der Waals surface area contributed by atoms with Crippen LogP contribution in [0.25, 0.3) is 0 Å². The Morgan fingerprint density at radius 2 is 1.50 bits per heavy atom. The molecule has 106 valence electrons. The summed E-state index contributed by atoms with van der Waals surface area (Å²) < 4.78 is 4.44. The number of carbonyl (C=O) groups is 2. The number of hydrogen-bond acceptors (Lipinski definition) is 6. The van der Waals surface area contributed by atoms with Crippen molar-refractivity contribution < 1.29 is 29.6 Å². The maximum absolute atomic E-state index is 11.2. The van der Waals surface area contributed by atoms with Gasteiger partial charge < -0.3 is 20.1 Å². The Labute approximate surface area is 107 Å². The smallest absolute Gasteiger partial charge is 0.313 e. The molecule has 0 aromatic heterocycles. The number of esters is 2. The van der Waals surface area contributed by atoms with E-state index < -0.39 is 30.8 Å². The van der Waals surface area contributed by atoms with Crippen LogP contribution in [0.3, 0.4) is 0 Å². The second-order valence-electron chi connectivity index (χ2n) is 4.28. The Hall–Kier alpha value is -0.980. The van der Waals surface area contributed by atoms with Crippen LogP contribution in [-0.4, -0.2) is 33.2 Å². The van der Waals surface area contributed by atoms with E-state index in [1.54, 1.807) is 0 Å². The summed E-state index contributed by atoms with van der Waals surface area (Å²) in [5.74, 6) is -4.38. The minimum atomic E-state index is -2.90. The average molecular weight is 262 g/mol. The molecule has 18 heavy (non-hydrogen) atoms. The first-order chi connectivity index (χ1) is 8.35. The van der Waals surface area contributed by atoms with Crippen molar-refractivity contribution >= 4 is 11.9 Å². The molecule has 0 spiro atoms. The first kappa shape index (κ1) is 17.0. The van der Waals surface area contributed by atoms with Crippen LogP contribution in [0.5, 0.6) is 0 Å². The van der Waals surface area contributed by atoms with Crippen molar-refractivity contribution in [3.8, 4) is 0 Å². The van der Waals surface area contributed by atoms with Crippen LogP contribution in [0.2, 0.25) is 0 Å². The molecular formula is C12H22O6. The molecule has 6 nitrogen and oxygen atoms in total. The lowest BCUT2D eigenvalue weighted by atomic mass is 10.1. The minimum absolute atomic E-state index is 0.179. The lowest BCUT2D eigenvalue weighted by molar-refractivity contribution is -0.314. The van der Waals surface area contributed by atoms with E-state index in [1.807, 2.05) is 0 Å². The largest absolute Gasteiger partial charge is 0.393 e. The van der Waals surface area contributed by atoms with E-state index in [4.69, 9.17) is 15.3 Å². The van der Waals surface area contributed by atoms with E-state index in [1.165, 1.54) is 0 Å². The lowest BCUT2D eigenvalue weighted by Gasteiger charge is -2.12. The Kier molecular flexibility index (Phi) is 8.53. The van der Waals surface area contributed by atoms with Gasteiger partial charge in [0.05, 0.1) is 6.42 Å². The molecule has 0 saturated carbocycles. The van der Waals surface area contributed by atoms with Crippen LogP contribution in [-0.2, 0) is 14.3 Å². The number of unbranched alkanes of at least 4 members (excludes halogenated alkanes) is 4. The average Bonchev–Trinajstić information content (AvgIpc) is 2.25. The molecule has 0 atom stereocenters. The van der Waals surface area contributed by atoms with Crippen LogP contribution < -0.4 is 0 Å². The first-order valence-electron chi connectivity index (χ1n) is 6.26. The Morgan fingerprint density at radius 3 is 2.06 bits per heavy atom. The number of ether oxygens (including phenoxy) is 1. The second kappa shape index (κ2) is 9.02. The zero-order chi connectivity index (χ0) is 14.0. The number of rotatable bonds is 9. The second-order valence-corrected chi connectivity index (χ2v) is 4.28. The normalized spacial score (nSPS) is 11.3. The van der Waals surface area contributed by atoms with Gasteiger partial charge in [-0.25, -0.2) is 0 Å². The summed E-state index contributed by atoms with van der Waals surface area (Å²) in [5, 5.41) is 25.6. The van der Waals surface area contributed by atoms with Crippen molar-refractivity contribution in [3.63, 3.8) is 0 Å². The van der Waals surface area contributed by atoms with Crippen LogP contribution in [0.15, 0.2) is 0 Å². The zero-order valence-electron chi connectivity index (χ0n) is 10.7. The molecule has 3 N–H and O–H groups in total. The SMILES string of the molecule is CCCCCCCC(=O)OC(=O)CCC(O)(O)O. The van der Waals surface area contributed by atoms with Gasteiger partial charge in [-0.15, -0.1) is 0 Å². The Balaban J connectivity index is 3.59. The molecule has 0 aliphatic rings. The van der Waals surface area contributed by atoms with Crippen LogP contribution in [0, 0.1) is 0 Å². The molecular weight excluding hydrogens is 240 g/mol. The van der Waals surface area contributed by atoms with Crippen molar-refractivity contribution in [1.82, 2.24) is 0 Å². The molecule has 0 heterocycles. The summed E-state index contributed by atoms with van der Waals surface area (Å²) in [6.45, 7) is 2.09. The molecule has 0 saturated heterocycles. The first-order valence-corrected chi connectivity index (χ1v) is 6.26. The lowest BCUT2D eigenvalue weighted by Crippen LogP contribution is -2.28. The Morgan fingerprint density at radius 1 is 0.944 bits per heavy atom. The van der Waals surface area contributed by atoms with Crippen molar-refractivity contribution in [2.75, 3.05) is 0 Å². The summed E-state index contributed by atoms with van der Waals surface area (Å²) in [7, 11) is 0. The highest BCUT2D eigenvalue weighted by atomic mass is 16.7. The summed E-state index contributed by atoms with van der Waals surface area (Å²) in [6.07, 6.45) is 4.06. The summed E-state index contributed by atoms with van der Waals surface area (Å²) in [4.78, 5) is 22.2. The van der Waals surface area contributed by atoms with Gasteiger partial charge in [-0.05, 0) is 6.42 Å². The van der Waals surface area contributed by atoms with E-state index in [0.29, 0.717) is 6.42 Å². The molecule has 0 aliphatic carbocycles. The number of carbonyl (C=O) groups excluding carboxylic acids is 2. The molecule has 0 rings (SSSR count). The van der Waals surface area contributed by atoms with Gasteiger partial charge in [0, 0.05) is 12.8 Å². The number of hydrogen-bond donors (Lipinski definition) is 3. The van der Waals surface area contributed by atoms with Crippen molar-refractivity contribution in [2.45, 2.75) is 64.3 Å². The molecule has 0 unspecified atom stereocenters. The van der Waals surface area contributed by atoms with Gasteiger partial charge >= 0.3 is 11.9 Å². The summed E-state index contributed by atoms with van der Waals surface area (Å²) in [5.41, 5.74) is 0. The van der Waals surface area contributed by atoms with Crippen LogP contribution in [0.1, 0.15) is 58.3 Å². The fourth-order valence-corrected chi connectivity index (χ4v) is 1.37. The zero-order valence-corrected chi connectivity index (χ0v) is 10.7. The van der Waals surface area contributed by atoms with Crippen LogP contribution in [0.4, 0.5) is 0 Å². The summed E-state index contributed by atoms with van der Waals surface area (Å²) >= 11 is 0. The van der Waals surface area contributed by atoms with E-state index in [-0.39, 0.29) is 6.42 Å². The fraction of sp³-hybridized carbons (Fsp3) is 0.833. The molecule has 0 aromatic rings. The molecule has 6 heteroatoms. The van der Waals surface area contributed by atoms with E-state index in [9.17, 15) is 9.59 Å². The molecule has 0 amide bonds. The topological polar surface area (TPSA) is 104 Å². The third-order valence-electron chi connectivity index (χ3n) is 2.38. The van der Waals surface area contributed by atoms with Gasteiger partial charge in [0.15, 0.2) is 0 Å². The van der Waals surface area contributed by atoms with Gasteiger partial charge in [0.25, 0.3) is 5.97 Å². The molecule has 0 fully saturated rings. The quantitative estimate of drug-likeness (QED) is 0.246. The summed E-state index contributed by atoms with van der Waals surface area (Å²) in [6, 6.07) is 0. The standard InChI is InChI=1S/C12H22O6/c1-2-3-4-5-6-7-10(13)18-11(14)8-9-12(15,16)17/h15-17H,2-9H2,1H3. The van der Waals surface area contributed by atoms with Gasteiger partial charge in [0.1, 0.15) is 0 Å². The Bertz CT molecular complexity index is 256. The van der Waals surface area contributed by atoms with E-state index in [0.717, 1.165) is 25.7 Å². The maximum atomic E-state index is 11.2. The molecule has 0 radical (unpaired) electrons. The van der Waals surface area contributed by atoms with E-state index >= 15 is 0 Å². The highest BCUT2D eigenvalue weighted by Gasteiger charge is 2.21. The molecule has 0 aliphatic heterocycles. The van der Waals surface area contributed by atoms with E-state index in [2.05, 4.69) is 11.7 Å². The maximum Gasteiger partial charge on any atom is 0.313 e. The van der Waals surface area contributed by atoms with Gasteiger partial charge in [-0.2, -0.15) is 0 Å². The monoisotopic (exact) mass is 262 g/mol. The van der Waals surface area contributed by atoms with Gasteiger partial charge in [0.2, 0.25) is 0 Å². The van der Waals surface area contributed by atoms with Gasteiger partial charge in [-0.3, -0.25) is 9.59 Å². The highest BCUT2D eigenvalue weighted by Crippen LogP contribution is 2.08. The van der Waals surface area contributed by atoms with Crippen molar-refractivity contribution in [2.24, 2.45) is 0 Å². The van der Waals surface area contributed by atoms with Crippen LogP contribution >= 0.6 is 0 Å². The number of aliphatic hydroxyl groups is 3. The third kappa shape index (κ3) is 11.5. The minimum Gasteiger partial charge on any atom is -0.393 e. The molecule has 0 bridgehead atoms. The molecule has 0 aromatic carbocycles. The van der Waals surface area contributed by atoms with Crippen molar-refractivity contribution in [3.05, 3.63) is 0 Å². The highest BCUT2D eigenvalue weighted by molar-refractivity contribution is 5.85. The fourth-order valence-electron chi connectivity index (χ4n) is 1.37. The third-order valence-corrected chi connectivity index (χ3v) is 2.38. The van der Waals surface area contributed by atoms with Crippen molar-refractivity contribution in [1.29, 1.82) is 0 Å². The predicted octanol–water partition coefficient (Wildman–Crippen LogP) is 0.828.